The number of aliphatic hydroxyl groups excluding tert-OH is 1. The van der Waals surface area contributed by atoms with Crippen LogP contribution in [0.25, 0.3) is 0 Å². The molecule has 9 heterocycles. The fraction of sp³-hybridized carbons (Fsp3) is 0.641. The van der Waals surface area contributed by atoms with Gasteiger partial charge >= 0.3 is 5.97 Å². The number of nitrogens with one attached hydrogen (secondary N) is 3. The van der Waals surface area contributed by atoms with Gasteiger partial charge in [-0.15, -0.1) is 91.7 Å². The highest BCUT2D eigenvalue weighted by Crippen LogP contribution is 2.21. The number of aryl methyl sites for hydroxylation is 8. The van der Waals surface area contributed by atoms with E-state index in [1.165, 1.54) is 23.5 Å². The Bertz CT molecular complexity index is 3890. The number of rotatable bonds is 30. The number of ether oxygens (including phenoxy) is 9. The lowest BCUT2D eigenvalue weighted by Gasteiger charge is -2.16. The first-order valence-corrected chi connectivity index (χ1v) is 37.7. The van der Waals surface area contributed by atoms with E-state index >= 15 is 0 Å². The van der Waals surface area contributed by atoms with Crippen molar-refractivity contribution in [2.45, 2.75) is 145 Å². The summed E-state index contributed by atoms with van der Waals surface area (Å²) in [5.74, 6) is 7.83. The molecular weight excluding hydrogens is 1560 g/mol. The van der Waals surface area contributed by atoms with E-state index in [0.29, 0.717) is 99.8 Å². The van der Waals surface area contributed by atoms with E-state index in [9.17, 15) is 19.2 Å². The van der Waals surface area contributed by atoms with Crippen LogP contribution in [0.1, 0.15) is 178 Å². The third-order valence-electron chi connectivity index (χ3n) is 13.1. The number of aromatic amines is 1. The van der Waals surface area contributed by atoms with Crippen molar-refractivity contribution in [1.29, 1.82) is 0 Å². The van der Waals surface area contributed by atoms with Crippen LogP contribution in [0.3, 0.4) is 0 Å². The highest BCUT2D eigenvalue weighted by molar-refractivity contribution is 7.98. The lowest BCUT2D eigenvalue weighted by atomic mass is 10.3. The Labute approximate surface area is 678 Å². The summed E-state index contributed by atoms with van der Waals surface area (Å²) < 4.78 is 63.5. The predicted molar refractivity (Wildman–Crippen MR) is 421 cm³/mol. The normalized spacial score (nSPS) is 10.1. The molecule has 0 aliphatic carbocycles. The summed E-state index contributed by atoms with van der Waals surface area (Å²) in [7, 11) is 18.0. The van der Waals surface area contributed by atoms with Gasteiger partial charge in [0.25, 0.3) is 16.9 Å². The lowest BCUT2D eigenvalue weighted by molar-refractivity contribution is -0.742. The first-order chi connectivity index (χ1) is 54.0. The van der Waals surface area contributed by atoms with Gasteiger partial charge in [0.2, 0.25) is 36.8 Å². The van der Waals surface area contributed by atoms with Gasteiger partial charge in [0.15, 0.2) is 44.2 Å². The van der Waals surface area contributed by atoms with E-state index in [4.69, 9.17) is 81.1 Å². The largest absolute Gasteiger partial charge is 0.460 e. The average molecular weight is 1680 g/mol. The van der Waals surface area contributed by atoms with Crippen molar-refractivity contribution >= 4 is 59.3 Å². The molecule has 47 nitrogen and oxygen atoms in total. The van der Waals surface area contributed by atoms with Crippen LogP contribution in [0.2, 0.25) is 0 Å². The maximum absolute atomic E-state index is 11.0. The molecule has 0 radical (unpaired) electrons. The van der Waals surface area contributed by atoms with E-state index < -0.39 is 35.8 Å². The topological polar surface area (TPSA) is 551 Å². The molecule has 0 saturated carbocycles. The third kappa shape index (κ3) is 42.8. The first kappa shape index (κ1) is 108. The van der Waals surface area contributed by atoms with Crippen molar-refractivity contribution in [3.05, 3.63) is 112 Å². The van der Waals surface area contributed by atoms with Crippen LogP contribution in [0.5, 0.6) is 0 Å². The minimum atomic E-state index is -1.50. The monoisotopic (exact) mass is 1680 g/mol. The average Bonchev–Trinajstić information content (AvgIpc) is 1.70. The van der Waals surface area contributed by atoms with Gasteiger partial charge < -0.3 is 104 Å². The van der Waals surface area contributed by atoms with E-state index in [1.54, 1.807) is 130 Å². The van der Waals surface area contributed by atoms with Crippen LogP contribution in [0.4, 0.5) is 0 Å². The standard InChI is InChI=1S/C9H17N3O2S.C9H16N2O2S.C8H15N3O2.C6H9N3O2.C6H9N3O.C6H11N3.C6H14N2O3.C5H8N4O.C4H7N3O.C4H7N3S.CH4.HNO3.H2/c1-5-13-8(14-6-2)7-10-11-9(15-4)12(7)3;1-4-12-8(13-5-2)7-6-10-9(14)11(7)3;1-4-12-8(13-5-2)7-10-9-6-11(7)3;1-3-11-6(10)5-8-7-4-9(5)2;1-3-5(10)6-8-7-4-9(6)2;1-3-4-6-8-7-5-9(6)2;1-3-10-6(11-4-2)5(9)8-7;1-6-5(10)4-8-7-3-9(4)2;1-7-3-5-6-4(7)2-8;1-7-3-5-6-4(7)8-2;;2-1(3)4;/h8H,5-6H2,1-4H3;6,8H,4-5H2,1-3H3,(H,10,14);6,8H,4-5H2,1-3H3;4H,3H2,1-2H3;4H,3H2,1-2H3;5H,3-4H2,1-2H3;6H,3-4,7H2,1-2H3,(H,8,9);3H,1-2H3,(H,6,10);3,8H,2H2,1H3;3H,1-2H3;1H4;(H,2,3,4);1H. The van der Waals surface area contributed by atoms with Crippen molar-refractivity contribution in [1.82, 2.24) is 138 Å². The highest BCUT2D eigenvalue weighted by atomic mass is 32.2. The number of aromatic nitrogens is 26. The number of aliphatic hydroxyl groups is 1. The zero-order chi connectivity index (χ0) is 85.8. The van der Waals surface area contributed by atoms with E-state index in [0.717, 1.165) is 34.7 Å². The van der Waals surface area contributed by atoms with Crippen LogP contribution in [0.15, 0.2) is 60.8 Å². The number of carbonyl (C=O) groups is 4. The van der Waals surface area contributed by atoms with E-state index in [2.05, 4.69) is 98.8 Å². The Kier molecular flexibility index (Phi) is 62.2. The number of nitrogens with two attached hydrogens (primary N) is 1. The molecule has 0 aliphatic heterocycles. The van der Waals surface area contributed by atoms with E-state index in [1.807, 2.05) is 119 Å². The van der Waals surface area contributed by atoms with Crippen molar-refractivity contribution in [3.8, 4) is 0 Å². The van der Waals surface area contributed by atoms with Gasteiger partial charge in [0, 0.05) is 144 Å². The number of carbonyl (C=O) groups excluding carboxylic acids is 4. The molecule has 0 aliphatic rings. The molecule has 50 heteroatoms. The molecule has 7 N–H and O–H groups in total. The predicted octanol–water partition coefficient (Wildman–Crippen LogP) is 4.75. The summed E-state index contributed by atoms with van der Waals surface area (Å²) in [6, 6.07) is 0. The maximum Gasteiger partial charge on any atom is 0.376 e. The quantitative estimate of drug-likeness (QED) is 0.00407. The van der Waals surface area contributed by atoms with E-state index in [-0.39, 0.29) is 39.3 Å². The minimum absolute atomic E-state index is 0. The van der Waals surface area contributed by atoms with Crippen LogP contribution in [0, 0.1) is 14.9 Å². The minimum Gasteiger partial charge on any atom is -0.460 e. The molecule has 0 unspecified atom stereocenters. The molecule has 0 spiro atoms. The number of ketones is 1. The molecular formula is C64H120N30O17S3. The number of hydrazine groups is 1. The Balaban J connectivity index is -0.000000594. The van der Waals surface area contributed by atoms with Crippen molar-refractivity contribution in [2.24, 2.45) is 69.3 Å². The number of Topliss-reactive ketones (excluding diaryl/α,β-unsaturated/α-hetero) is 1. The molecule has 9 rings (SSSR count). The second-order valence-corrected chi connectivity index (χ2v) is 23.1. The Hall–Kier alpha value is -9.87. The number of nitrogens with zero attached hydrogens (tertiary/aromatic N) is 26. The lowest BCUT2D eigenvalue weighted by Crippen LogP contribution is -2.42. The Morgan fingerprint density at radius 2 is 0.939 bits per heavy atom. The molecule has 2 amide bonds. The molecule has 9 aromatic heterocycles. The van der Waals surface area contributed by atoms with Gasteiger partial charge in [0.05, 0.1) is 12.3 Å². The van der Waals surface area contributed by atoms with Gasteiger partial charge in [-0.3, -0.25) is 19.8 Å². The summed E-state index contributed by atoms with van der Waals surface area (Å²) in [6.07, 6.45) is 17.4. The van der Waals surface area contributed by atoms with Crippen molar-refractivity contribution < 1.29 is 78.6 Å². The molecule has 0 bridgehead atoms. The SMILES string of the molecule is C.CCC(=O)c1nncn1C.CCCc1nncn1C.CCOC(=O)c1nncn1C.CCOC(OCC)C(=O)NN.CCOC(OCC)c1c[nH]c(=S)n1C.CCOC(OCC)c1nnc(SC)n1C.CCOC(OCC)c1nncn1C.CNC(=O)c1nncn1C.CSc1nncn1C.Cn1cnnc1CO.O=[N+]([O-])O.[HH]. The number of thioether (sulfide) groups is 2. The summed E-state index contributed by atoms with van der Waals surface area (Å²) >= 11 is 8.20. The third-order valence-corrected chi connectivity index (χ3v) is 14.9. The Morgan fingerprint density at radius 1 is 0.535 bits per heavy atom. The van der Waals surface area contributed by atoms with Crippen LogP contribution in [-0.4, -0.2) is 252 Å². The number of imidazole rings is 1. The Morgan fingerprint density at radius 3 is 1.25 bits per heavy atom. The van der Waals surface area contributed by atoms with Crippen molar-refractivity contribution in [2.75, 3.05) is 79.0 Å². The highest BCUT2D eigenvalue weighted by Gasteiger charge is 2.21. The maximum atomic E-state index is 11.0. The number of hydrogen-bond acceptors (Lipinski definition) is 36. The first-order valence-electron chi connectivity index (χ1n) is 34.9. The van der Waals surface area contributed by atoms with Gasteiger partial charge in [0.1, 0.15) is 56.7 Å². The molecule has 646 valence electrons. The van der Waals surface area contributed by atoms with Crippen LogP contribution >= 0.6 is 35.7 Å². The van der Waals surface area contributed by atoms with Gasteiger partial charge in [-0.05, 0) is 93.5 Å². The summed E-state index contributed by atoms with van der Waals surface area (Å²) in [4.78, 5) is 54.9. The molecule has 114 heavy (non-hydrogen) atoms. The molecule has 0 fully saturated rings. The van der Waals surface area contributed by atoms with Crippen LogP contribution in [-0.2, 0) is 124 Å². The number of hydrogen-bond donors (Lipinski definition) is 6. The second-order valence-electron chi connectivity index (χ2n) is 21.1. The zero-order valence-electron chi connectivity index (χ0n) is 68.6. The summed E-state index contributed by atoms with van der Waals surface area (Å²) in [5.41, 5.74) is 2.86. The van der Waals surface area contributed by atoms with Gasteiger partial charge in [-0.1, -0.05) is 44.8 Å². The number of H-pyrrole nitrogens is 1. The zero-order valence-corrected chi connectivity index (χ0v) is 71.0. The smallest absolute Gasteiger partial charge is 0.376 e. The summed E-state index contributed by atoms with van der Waals surface area (Å²) in [5, 5.41) is 85.9. The molecule has 0 atom stereocenters. The number of esters is 1. The van der Waals surface area contributed by atoms with Gasteiger partial charge in [-0.2, -0.15) is 0 Å². The fourth-order valence-electron chi connectivity index (χ4n) is 7.60. The summed E-state index contributed by atoms with van der Waals surface area (Å²) in [6.45, 7) is 25.5. The molecule has 9 aromatic rings. The van der Waals surface area contributed by atoms with Crippen molar-refractivity contribution in [3.63, 3.8) is 0 Å². The molecule has 0 saturated heterocycles. The molecule has 0 aromatic carbocycles. The fourth-order valence-corrected chi connectivity index (χ4v) is 8.72. The second kappa shape index (κ2) is 65.5. The van der Waals surface area contributed by atoms with Gasteiger partial charge in [-0.25, -0.2) is 10.6 Å². The van der Waals surface area contributed by atoms with Crippen LogP contribution < -0.4 is 16.6 Å². The number of amides is 2.